The molecule has 0 saturated heterocycles. The van der Waals surface area contributed by atoms with Gasteiger partial charge < -0.3 is 0 Å². The lowest BCUT2D eigenvalue weighted by atomic mass is 9.95. The molecule has 0 aromatic heterocycles. The summed E-state index contributed by atoms with van der Waals surface area (Å²) in [6, 6.07) is 16.8. The smallest absolute Gasteiger partial charge is 0.127 e. The van der Waals surface area contributed by atoms with Gasteiger partial charge in [-0.3, -0.25) is 0 Å². The normalized spacial score (nSPS) is 11.1. The van der Waals surface area contributed by atoms with Gasteiger partial charge in [0.1, 0.15) is 16.1 Å². The van der Waals surface area contributed by atoms with Gasteiger partial charge in [0.2, 0.25) is 0 Å². The lowest BCUT2D eigenvalue weighted by Crippen LogP contribution is -2.16. The first-order valence-corrected chi connectivity index (χ1v) is 15.4. The first kappa shape index (κ1) is 18.3. The van der Waals surface area contributed by atoms with Crippen LogP contribution in [0.3, 0.4) is 0 Å². The van der Waals surface area contributed by atoms with Gasteiger partial charge in [-0.15, -0.1) is 11.1 Å². The molecular weight excluding hydrogens is 320 g/mol. The second kappa shape index (κ2) is 7.26. The van der Waals surface area contributed by atoms with Gasteiger partial charge in [-0.2, -0.15) is 0 Å². The van der Waals surface area contributed by atoms with Gasteiger partial charge in [0.25, 0.3) is 0 Å². The molecule has 0 aliphatic heterocycles. The summed E-state index contributed by atoms with van der Waals surface area (Å²) in [5, 5.41) is 0. The molecule has 24 heavy (non-hydrogen) atoms. The average Bonchev–Trinajstić information content (AvgIpc) is 2.50. The molecule has 2 heteroatoms. The highest BCUT2D eigenvalue weighted by molar-refractivity contribution is 6.84. The van der Waals surface area contributed by atoms with Gasteiger partial charge in [-0.05, 0) is 17.7 Å². The Morgan fingerprint density at radius 1 is 0.583 bits per heavy atom. The standard InChI is InChI=1S/C22H26Si2/c1-23(2,3)17-15-20-13-10-14-21(16-18-24(4,5)6)22(20)19-11-8-7-9-12-19/h7-14H,1-6H3. The number of benzene rings is 2. The number of hydrogen-bond donors (Lipinski definition) is 0. The van der Waals surface area contributed by atoms with Crippen LogP contribution in [0.4, 0.5) is 0 Å². The van der Waals surface area contributed by atoms with Crippen molar-refractivity contribution in [3.8, 4) is 34.1 Å². The second-order valence-electron chi connectivity index (χ2n) is 8.09. The Morgan fingerprint density at radius 2 is 1.04 bits per heavy atom. The molecule has 0 atom stereocenters. The molecule has 0 nitrogen and oxygen atoms in total. The van der Waals surface area contributed by atoms with Crippen molar-refractivity contribution in [1.82, 2.24) is 0 Å². The van der Waals surface area contributed by atoms with Gasteiger partial charge in [0.05, 0.1) is 0 Å². The summed E-state index contributed by atoms with van der Waals surface area (Å²) >= 11 is 0. The van der Waals surface area contributed by atoms with Crippen molar-refractivity contribution in [2.24, 2.45) is 0 Å². The van der Waals surface area contributed by atoms with E-state index in [2.05, 4.69) is 105 Å². The van der Waals surface area contributed by atoms with E-state index in [0.29, 0.717) is 0 Å². The largest absolute Gasteiger partial charge is 0.129 e. The molecule has 0 aliphatic carbocycles. The van der Waals surface area contributed by atoms with Crippen LogP contribution in [0.5, 0.6) is 0 Å². The van der Waals surface area contributed by atoms with E-state index < -0.39 is 16.1 Å². The maximum absolute atomic E-state index is 3.50. The third-order valence-electron chi connectivity index (χ3n) is 3.27. The summed E-state index contributed by atoms with van der Waals surface area (Å²) in [5.74, 6) is 6.89. The molecule has 0 aliphatic rings. The van der Waals surface area contributed by atoms with Crippen LogP contribution in [0.2, 0.25) is 39.3 Å². The van der Waals surface area contributed by atoms with E-state index in [-0.39, 0.29) is 0 Å². The predicted octanol–water partition coefficient (Wildman–Crippen LogP) is 5.81. The van der Waals surface area contributed by atoms with Gasteiger partial charge >= 0.3 is 0 Å². The second-order valence-corrected chi connectivity index (χ2v) is 17.6. The lowest BCUT2D eigenvalue weighted by molar-refractivity contribution is 1.55. The molecule has 0 spiro atoms. The van der Waals surface area contributed by atoms with Crippen LogP contribution in [-0.2, 0) is 0 Å². The van der Waals surface area contributed by atoms with Gasteiger partial charge in [-0.25, -0.2) is 0 Å². The van der Waals surface area contributed by atoms with Crippen LogP contribution in [0.25, 0.3) is 11.1 Å². The minimum absolute atomic E-state index is 1.09. The molecule has 0 N–H and O–H groups in total. The third kappa shape index (κ3) is 5.57. The molecule has 2 aromatic rings. The van der Waals surface area contributed by atoms with Crippen LogP contribution >= 0.6 is 0 Å². The molecule has 2 aromatic carbocycles. The molecular formula is C22H26Si2. The number of rotatable bonds is 1. The Labute approximate surface area is 149 Å². The summed E-state index contributed by atoms with van der Waals surface area (Å²) in [4.78, 5) is 0. The van der Waals surface area contributed by atoms with Crippen LogP contribution in [0.1, 0.15) is 11.1 Å². The van der Waals surface area contributed by atoms with Crippen molar-refractivity contribution in [2.45, 2.75) is 39.3 Å². The van der Waals surface area contributed by atoms with Crippen molar-refractivity contribution < 1.29 is 0 Å². The Kier molecular flexibility index (Phi) is 5.55. The van der Waals surface area contributed by atoms with Crippen LogP contribution in [-0.4, -0.2) is 16.1 Å². The van der Waals surface area contributed by atoms with E-state index in [0.717, 1.165) is 11.1 Å². The highest BCUT2D eigenvalue weighted by atomic mass is 28.3. The molecule has 0 amide bonds. The van der Waals surface area contributed by atoms with E-state index in [1.165, 1.54) is 11.1 Å². The Balaban J connectivity index is 2.68. The molecule has 0 fully saturated rings. The van der Waals surface area contributed by atoms with Crippen molar-refractivity contribution >= 4 is 16.1 Å². The van der Waals surface area contributed by atoms with E-state index >= 15 is 0 Å². The van der Waals surface area contributed by atoms with Gasteiger partial charge in [0, 0.05) is 16.7 Å². The van der Waals surface area contributed by atoms with E-state index in [1.807, 2.05) is 6.07 Å². The van der Waals surface area contributed by atoms with Crippen LogP contribution in [0.15, 0.2) is 48.5 Å². The van der Waals surface area contributed by atoms with Gasteiger partial charge in [0.15, 0.2) is 0 Å². The fraction of sp³-hybridized carbons (Fsp3) is 0.273. The number of hydrogen-bond acceptors (Lipinski definition) is 0. The zero-order valence-corrected chi connectivity index (χ0v) is 17.6. The molecule has 0 radical (unpaired) electrons. The average molecular weight is 347 g/mol. The zero-order valence-electron chi connectivity index (χ0n) is 15.6. The first-order valence-electron chi connectivity index (χ1n) is 8.40. The molecule has 0 unspecified atom stereocenters. The van der Waals surface area contributed by atoms with Crippen molar-refractivity contribution in [2.75, 3.05) is 0 Å². The summed E-state index contributed by atoms with van der Waals surface area (Å²) in [7, 11) is -2.84. The van der Waals surface area contributed by atoms with Crippen LogP contribution < -0.4 is 0 Å². The Morgan fingerprint density at radius 3 is 1.46 bits per heavy atom. The minimum Gasteiger partial charge on any atom is -0.127 e. The van der Waals surface area contributed by atoms with Crippen molar-refractivity contribution in [1.29, 1.82) is 0 Å². The monoisotopic (exact) mass is 346 g/mol. The van der Waals surface area contributed by atoms with Crippen molar-refractivity contribution in [3.63, 3.8) is 0 Å². The molecule has 0 heterocycles. The summed E-state index contributed by atoms with van der Waals surface area (Å²) < 4.78 is 0. The van der Waals surface area contributed by atoms with Crippen molar-refractivity contribution in [3.05, 3.63) is 59.7 Å². The molecule has 122 valence electrons. The van der Waals surface area contributed by atoms with E-state index in [1.54, 1.807) is 0 Å². The zero-order chi connectivity index (χ0) is 17.8. The predicted molar refractivity (Wildman–Crippen MR) is 112 cm³/mol. The minimum atomic E-state index is -1.42. The van der Waals surface area contributed by atoms with Gasteiger partial charge in [-0.1, -0.05) is 87.5 Å². The summed E-state index contributed by atoms with van der Waals surface area (Å²) in [5.41, 5.74) is 11.5. The third-order valence-corrected chi connectivity index (χ3v) is 5.02. The van der Waals surface area contributed by atoms with Crippen LogP contribution in [0, 0.1) is 22.9 Å². The topological polar surface area (TPSA) is 0 Å². The highest BCUT2D eigenvalue weighted by Crippen LogP contribution is 2.27. The quantitative estimate of drug-likeness (QED) is 0.451. The van der Waals surface area contributed by atoms with E-state index in [4.69, 9.17) is 0 Å². The Bertz CT molecular complexity index is 777. The SMILES string of the molecule is C[Si](C)(C)C#Cc1cccc(C#C[Si](C)(C)C)c1-c1ccccc1. The Hall–Kier alpha value is -2.01. The maximum Gasteiger partial charge on any atom is 0.129 e. The molecule has 2 rings (SSSR count). The lowest BCUT2D eigenvalue weighted by Gasteiger charge is -2.10. The summed E-state index contributed by atoms with van der Waals surface area (Å²) in [6.07, 6.45) is 0. The molecule has 0 bridgehead atoms. The fourth-order valence-corrected chi connectivity index (χ4v) is 3.21. The highest BCUT2D eigenvalue weighted by Gasteiger charge is 2.12. The maximum atomic E-state index is 3.50. The molecule has 0 saturated carbocycles. The van der Waals surface area contributed by atoms with E-state index in [9.17, 15) is 0 Å². The summed E-state index contributed by atoms with van der Waals surface area (Å²) in [6.45, 7) is 13.6. The first-order chi connectivity index (χ1) is 11.2. The fourth-order valence-electron chi connectivity index (χ4n) is 2.19.